The topological polar surface area (TPSA) is 118 Å². The maximum absolute atomic E-state index is 6.29. The fraction of sp³-hybridized carbons (Fsp3) is 0. The molecule has 2 aromatic carbocycles. The van der Waals surface area contributed by atoms with E-state index in [2.05, 4.69) is 35.9 Å². The summed E-state index contributed by atoms with van der Waals surface area (Å²) in [4.78, 5) is 8.67. The normalized spacial score (nSPS) is 10.7. The summed E-state index contributed by atoms with van der Waals surface area (Å²) in [6, 6.07) is 14.6. The number of halogens is 2. The second kappa shape index (κ2) is 7.18. The Hall–Kier alpha value is -3.23. The van der Waals surface area contributed by atoms with Crippen LogP contribution in [-0.4, -0.2) is 30.6 Å². The molecule has 4 aromatic rings. The van der Waals surface area contributed by atoms with Crippen molar-refractivity contribution in [1.29, 1.82) is 0 Å². The van der Waals surface area contributed by atoms with E-state index < -0.39 is 0 Å². The van der Waals surface area contributed by atoms with Crippen LogP contribution in [0.25, 0.3) is 22.6 Å². The maximum atomic E-state index is 6.29. The highest BCUT2D eigenvalue weighted by atomic mass is 35.5. The van der Waals surface area contributed by atoms with Crippen LogP contribution < -0.4 is 11.1 Å². The molecule has 27 heavy (non-hydrogen) atoms. The lowest BCUT2D eigenvalue weighted by atomic mass is 10.1. The molecule has 4 N–H and O–H groups in total. The quantitative estimate of drug-likeness (QED) is 0.475. The molecular weight excluding hydrogens is 387 g/mol. The van der Waals surface area contributed by atoms with Gasteiger partial charge in [0.05, 0.1) is 10.7 Å². The number of aromatic amines is 1. The Kier molecular flexibility index (Phi) is 4.57. The predicted octanol–water partition coefficient (Wildman–Crippen LogP) is 3.96. The van der Waals surface area contributed by atoms with Gasteiger partial charge in [-0.3, -0.25) is 0 Å². The minimum atomic E-state index is 0.160. The molecule has 0 unspecified atom stereocenters. The molecule has 134 valence electrons. The maximum Gasteiger partial charge on any atom is 0.229 e. The van der Waals surface area contributed by atoms with Gasteiger partial charge in [-0.2, -0.15) is 10.2 Å². The van der Waals surface area contributed by atoms with E-state index in [1.165, 1.54) is 0 Å². The average molecular weight is 399 g/mol. The number of aromatic nitrogens is 6. The Morgan fingerprint density at radius 2 is 1.74 bits per heavy atom. The Labute approximate surface area is 163 Å². The first-order valence-corrected chi connectivity index (χ1v) is 8.56. The van der Waals surface area contributed by atoms with E-state index in [1.54, 1.807) is 6.07 Å². The van der Waals surface area contributed by atoms with Crippen LogP contribution in [0.3, 0.4) is 0 Å². The summed E-state index contributed by atoms with van der Waals surface area (Å²) in [7, 11) is 0. The number of nitrogens with two attached hydrogens (primary N) is 1. The number of anilines is 3. The van der Waals surface area contributed by atoms with Crippen molar-refractivity contribution in [2.24, 2.45) is 0 Å². The summed E-state index contributed by atoms with van der Waals surface area (Å²) in [6.45, 7) is 0. The van der Waals surface area contributed by atoms with Crippen molar-refractivity contribution in [3.8, 4) is 22.6 Å². The Balaban J connectivity index is 1.66. The number of hydrogen-bond acceptors (Lipinski definition) is 7. The minimum absolute atomic E-state index is 0.160. The van der Waals surface area contributed by atoms with E-state index in [1.807, 2.05) is 42.5 Å². The second-order valence-corrected chi connectivity index (χ2v) is 6.30. The van der Waals surface area contributed by atoms with E-state index in [0.29, 0.717) is 28.1 Å². The molecule has 0 saturated carbocycles. The van der Waals surface area contributed by atoms with Crippen molar-refractivity contribution in [1.82, 2.24) is 30.6 Å². The highest BCUT2D eigenvalue weighted by molar-refractivity contribution is 6.37. The van der Waals surface area contributed by atoms with Crippen molar-refractivity contribution >= 4 is 40.7 Å². The van der Waals surface area contributed by atoms with Crippen molar-refractivity contribution in [2.45, 2.75) is 0 Å². The van der Waals surface area contributed by atoms with Crippen LogP contribution in [0.1, 0.15) is 0 Å². The Morgan fingerprint density at radius 1 is 0.963 bits per heavy atom. The first kappa shape index (κ1) is 17.2. The molecular formula is C17H12Cl2N8. The zero-order chi connectivity index (χ0) is 18.8. The van der Waals surface area contributed by atoms with Gasteiger partial charge in [-0.25, -0.2) is 4.98 Å². The van der Waals surface area contributed by atoms with Crippen LogP contribution >= 0.6 is 23.2 Å². The number of H-pyrrole nitrogens is 1. The lowest BCUT2D eigenvalue weighted by Crippen LogP contribution is -2.03. The van der Waals surface area contributed by atoms with Crippen molar-refractivity contribution in [3.63, 3.8) is 0 Å². The van der Waals surface area contributed by atoms with Crippen molar-refractivity contribution in [3.05, 3.63) is 58.6 Å². The molecule has 0 aliphatic carbocycles. The van der Waals surface area contributed by atoms with Crippen LogP contribution in [0.15, 0.2) is 48.5 Å². The molecule has 0 saturated heterocycles. The van der Waals surface area contributed by atoms with Crippen LogP contribution in [0, 0.1) is 0 Å². The fourth-order valence-corrected chi connectivity index (χ4v) is 2.88. The molecule has 0 fully saturated rings. The van der Waals surface area contributed by atoms with Crippen LogP contribution in [0.5, 0.6) is 0 Å². The summed E-state index contributed by atoms with van der Waals surface area (Å²) in [6.07, 6.45) is 0. The SMILES string of the molecule is Nc1nc(Nc2ccc(-c3nn[nH]n3)cc2)nc(-c2ccccc2Cl)c1Cl. The number of benzene rings is 2. The first-order chi connectivity index (χ1) is 13.1. The predicted molar refractivity (Wildman–Crippen MR) is 105 cm³/mol. The molecule has 0 spiro atoms. The van der Waals surface area contributed by atoms with Gasteiger partial charge < -0.3 is 11.1 Å². The molecule has 10 heteroatoms. The Bertz CT molecular complexity index is 1080. The summed E-state index contributed by atoms with van der Waals surface area (Å²) in [5, 5.41) is 17.7. The van der Waals surface area contributed by atoms with Gasteiger partial charge >= 0.3 is 0 Å². The van der Waals surface area contributed by atoms with Gasteiger partial charge in [-0.1, -0.05) is 41.4 Å². The van der Waals surface area contributed by atoms with Crippen molar-refractivity contribution in [2.75, 3.05) is 11.1 Å². The van der Waals surface area contributed by atoms with Gasteiger partial charge in [0, 0.05) is 16.8 Å². The number of hydrogen-bond donors (Lipinski definition) is 3. The summed E-state index contributed by atoms with van der Waals surface area (Å²) < 4.78 is 0. The summed E-state index contributed by atoms with van der Waals surface area (Å²) >= 11 is 12.6. The first-order valence-electron chi connectivity index (χ1n) is 7.80. The van der Waals surface area contributed by atoms with Gasteiger partial charge in [0.1, 0.15) is 10.8 Å². The van der Waals surface area contributed by atoms with Gasteiger partial charge in [-0.05, 0) is 35.5 Å². The summed E-state index contributed by atoms with van der Waals surface area (Å²) in [5.41, 5.74) is 8.67. The molecule has 0 amide bonds. The van der Waals surface area contributed by atoms with Crippen LogP contribution in [0.4, 0.5) is 17.5 Å². The lowest BCUT2D eigenvalue weighted by Gasteiger charge is -2.11. The third kappa shape index (κ3) is 3.53. The van der Waals surface area contributed by atoms with E-state index >= 15 is 0 Å². The lowest BCUT2D eigenvalue weighted by molar-refractivity contribution is 0.881. The number of tetrazole rings is 1. The van der Waals surface area contributed by atoms with Gasteiger partial charge in [0.2, 0.25) is 11.8 Å². The van der Waals surface area contributed by atoms with E-state index in [-0.39, 0.29) is 10.8 Å². The number of rotatable bonds is 4. The molecule has 0 atom stereocenters. The third-order valence-electron chi connectivity index (χ3n) is 3.75. The van der Waals surface area contributed by atoms with E-state index in [9.17, 15) is 0 Å². The Morgan fingerprint density at radius 3 is 2.44 bits per heavy atom. The standard InChI is InChI=1S/C17H12Cl2N8/c18-12-4-2-1-3-11(12)14-13(19)15(20)23-17(22-14)21-10-7-5-9(6-8-10)16-24-26-27-25-16/h1-8H,(H3,20,21,22,23)(H,24,25,26,27). The van der Waals surface area contributed by atoms with Crippen molar-refractivity contribution < 1.29 is 0 Å². The van der Waals surface area contributed by atoms with Gasteiger partial charge in [-0.15, -0.1) is 10.2 Å². The largest absolute Gasteiger partial charge is 0.382 e. The van der Waals surface area contributed by atoms with Gasteiger partial charge in [0.25, 0.3) is 0 Å². The third-order valence-corrected chi connectivity index (χ3v) is 4.45. The molecule has 2 heterocycles. The average Bonchev–Trinajstić information content (AvgIpc) is 3.20. The zero-order valence-electron chi connectivity index (χ0n) is 13.7. The number of nitrogens with zero attached hydrogens (tertiary/aromatic N) is 5. The zero-order valence-corrected chi connectivity index (χ0v) is 15.2. The highest BCUT2D eigenvalue weighted by Crippen LogP contribution is 2.35. The van der Waals surface area contributed by atoms with E-state index in [0.717, 1.165) is 11.3 Å². The molecule has 0 radical (unpaired) electrons. The van der Waals surface area contributed by atoms with Crippen LogP contribution in [0.2, 0.25) is 10.0 Å². The monoisotopic (exact) mass is 398 g/mol. The summed E-state index contributed by atoms with van der Waals surface area (Å²) in [5.74, 6) is 0.973. The molecule has 0 bridgehead atoms. The molecule has 4 rings (SSSR count). The number of nitrogens with one attached hydrogen (secondary N) is 2. The minimum Gasteiger partial charge on any atom is -0.382 e. The van der Waals surface area contributed by atoms with E-state index in [4.69, 9.17) is 28.9 Å². The fourth-order valence-electron chi connectivity index (χ4n) is 2.47. The number of nitrogen functional groups attached to an aromatic ring is 1. The molecule has 8 nitrogen and oxygen atoms in total. The second-order valence-electron chi connectivity index (χ2n) is 5.51. The smallest absolute Gasteiger partial charge is 0.229 e. The molecule has 0 aliphatic heterocycles. The van der Waals surface area contributed by atoms with Crippen LogP contribution in [-0.2, 0) is 0 Å². The molecule has 0 aliphatic rings. The molecule has 2 aromatic heterocycles. The highest BCUT2D eigenvalue weighted by Gasteiger charge is 2.15. The van der Waals surface area contributed by atoms with Gasteiger partial charge in [0.15, 0.2) is 0 Å².